The molecule has 7 nitrogen and oxygen atoms in total. The maximum absolute atomic E-state index is 12.1. The number of carbonyl (C=O) groups excluding carboxylic acids is 2. The largest absolute Gasteiger partial charge is 0.442 e. The molecule has 2 aliphatic heterocycles. The summed E-state index contributed by atoms with van der Waals surface area (Å²) in [6, 6.07) is 0.194. The molecule has 184 valence electrons. The minimum absolute atomic E-state index is 0.0494. The number of hydrogen-bond donors (Lipinski definition) is 2. The maximum atomic E-state index is 12.1. The first kappa shape index (κ1) is 25.5. The lowest BCUT2D eigenvalue weighted by atomic mass is 9.83. The van der Waals surface area contributed by atoms with Crippen LogP contribution in [0.1, 0.15) is 72.6 Å². The highest BCUT2D eigenvalue weighted by Crippen LogP contribution is 2.46. The summed E-state index contributed by atoms with van der Waals surface area (Å²) < 4.78 is 16.7. The molecule has 3 atom stereocenters. The standard InChI is InChI=1S/C26H40N2O5/c1-18(6-13-22-15-26(17-31-26)16-25(3,4)33-22)5-8-20-9-11-21(12-10-20)28-23(29)14-7-19(2)32-24(27)30/h5-7,13-14,19-22H,8-12,15-17H2,1-4H3,(H2,27,30)(H,28,29)/b13-6+,14-7-,18-5+/t19-,20?,21?,22+,26+/m0/s1. The summed E-state index contributed by atoms with van der Waals surface area (Å²) >= 11 is 0. The van der Waals surface area contributed by atoms with Crippen LogP contribution < -0.4 is 11.1 Å². The van der Waals surface area contributed by atoms with E-state index in [-0.39, 0.29) is 29.3 Å². The van der Waals surface area contributed by atoms with Gasteiger partial charge in [0.2, 0.25) is 5.91 Å². The van der Waals surface area contributed by atoms with Crippen LogP contribution in [0.2, 0.25) is 0 Å². The molecule has 0 aromatic carbocycles. The lowest BCUT2D eigenvalue weighted by Crippen LogP contribution is -2.43. The highest BCUT2D eigenvalue weighted by Gasteiger charge is 2.53. The fraction of sp³-hybridized carbons (Fsp3) is 0.692. The summed E-state index contributed by atoms with van der Waals surface area (Å²) in [5.74, 6) is 0.486. The molecule has 0 aromatic heterocycles. The number of primary amides is 1. The van der Waals surface area contributed by atoms with Gasteiger partial charge in [0, 0.05) is 25.0 Å². The number of allylic oxidation sites excluding steroid dienone is 3. The van der Waals surface area contributed by atoms with Crippen LogP contribution in [0.4, 0.5) is 4.79 Å². The van der Waals surface area contributed by atoms with Crippen LogP contribution in [0.25, 0.3) is 0 Å². The van der Waals surface area contributed by atoms with Crippen molar-refractivity contribution in [2.45, 2.75) is 102 Å². The zero-order chi connectivity index (χ0) is 24.1. The van der Waals surface area contributed by atoms with E-state index in [1.807, 2.05) is 0 Å². The van der Waals surface area contributed by atoms with E-state index in [0.29, 0.717) is 5.92 Å². The van der Waals surface area contributed by atoms with Crippen LogP contribution in [0.15, 0.2) is 36.0 Å². The lowest BCUT2D eigenvalue weighted by Gasteiger charge is -2.38. The second kappa shape index (κ2) is 10.9. The molecule has 3 fully saturated rings. The Labute approximate surface area is 197 Å². The van der Waals surface area contributed by atoms with Crippen LogP contribution in [0.5, 0.6) is 0 Å². The molecule has 7 heteroatoms. The van der Waals surface area contributed by atoms with Crippen molar-refractivity contribution in [3.63, 3.8) is 0 Å². The van der Waals surface area contributed by atoms with Gasteiger partial charge in [-0.1, -0.05) is 23.8 Å². The maximum Gasteiger partial charge on any atom is 0.405 e. The highest BCUT2D eigenvalue weighted by molar-refractivity contribution is 5.87. The van der Waals surface area contributed by atoms with Crippen LogP contribution in [0, 0.1) is 5.92 Å². The van der Waals surface area contributed by atoms with E-state index >= 15 is 0 Å². The molecule has 1 saturated carbocycles. The number of epoxide rings is 1. The molecule has 2 saturated heterocycles. The van der Waals surface area contributed by atoms with Gasteiger partial charge >= 0.3 is 6.09 Å². The van der Waals surface area contributed by atoms with E-state index in [1.54, 1.807) is 6.92 Å². The Kier molecular flexibility index (Phi) is 8.40. The van der Waals surface area contributed by atoms with Crippen LogP contribution in [0.3, 0.4) is 0 Å². The SMILES string of the molecule is CC(/C=C/[C@@H]1C[C@]2(CO2)CC(C)(C)O1)=C\CC1CCC(NC(=O)/C=C\[C@H](C)OC(N)=O)CC1. The Morgan fingerprint density at radius 1 is 1.21 bits per heavy atom. The van der Waals surface area contributed by atoms with Crippen molar-refractivity contribution >= 4 is 12.0 Å². The molecule has 0 bridgehead atoms. The van der Waals surface area contributed by atoms with Gasteiger partial charge in [-0.3, -0.25) is 4.79 Å². The first-order valence-electron chi connectivity index (χ1n) is 12.2. The molecule has 0 radical (unpaired) electrons. The van der Waals surface area contributed by atoms with Gasteiger partial charge in [0.1, 0.15) is 6.10 Å². The van der Waals surface area contributed by atoms with Gasteiger partial charge in [0.05, 0.1) is 23.9 Å². The fourth-order valence-electron chi connectivity index (χ4n) is 5.05. The third kappa shape index (κ3) is 8.63. The molecule has 2 amide bonds. The lowest BCUT2D eigenvalue weighted by molar-refractivity contribution is -0.117. The van der Waals surface area contributed by atoms with E-state index in [0.717, 1.165) is 51.6 Å². The van der Waals surface area contributed by atoms with Crippen molar-refractivity contribution in [1.82, 2.24) is 5.32 Å². The smallest absolute Gasteiger partial charge is 0.405 e. The van der Waals surface area contributed by atoms with Crippen molar-refractivity contribution in [2.75, 3.05) is 6.61 Å². The van der Waals surface area contributed by atoms with Crippen molar-refractivity contribution in [3.05, 3.63) is 36.0 Å². The molecule has 33 heavy (non-hydrogen) atoms. The monoisotopic (exact) mass is 460 g/mol. The fourth-order valence-corrected chi connectivity index (χ4v) is 5.05. The van der Waals surface area contributed by atoms with Crippen molar-refractivity contribution in [3.8, 4) is 0 Å². The predicted molar refractivity (Wildman–Crippen MR) is 128 cm³/mol. The summed E-state index contributed by atoms with van der Waals surface area (Å²) in [6.45, 7) is 8.96. The number of carbonyl (C=O) groups is 2. The number of rotatable bonds is 8. The van der Waals surface area contributed by atoms with Gasteiger partial charge < -0.3 is 25.3 Å². The quantitative estimate of drug-likeness (QED) is 0.319. The predicted octanol–water partition coefficient (Wildman–Crippen LogP) is 4.32. The summed E-state index contributed by atoms with van der Waals surface area (Å²) in [4.78, 5) is 22.8. The van der Waals surface area contributed by atoms with E-state index in [2.05, 4.69) is 44.3 Å². The third-order valence-corrected chi connectivity index (χ3v) is 6.70. The van der Waals surface area contributed by atoms with E-state index in [9.17, 15) is 9.59 Å². The zero-order valence-electron chi connectivity index (χ0n) is 20.5. The van der Waals surface area contributed by atoms with E-state index in [4.69, 9.17) is 19.9 Å². The zero-order valence-corrected chi connectivity index (χ0v) is 20.5. The molecule has 3 N–H and O–H groups in total. The second-order valence-electron chi connectivity index (χ2n) is 10.5. The second-order valence-corrected chi connectivity index (χ2v) is 10.5. The molecule has 1 aliphatic carbocycles. The van der Waals surface area contributed by atoms with Gasteiger partial charge in [0.25, 0.3) is 0 Å². The number of nitrogens with two attached hydrogens (primary N) is 1. The summed E-state index contributed by atoms with van der Waals surface area (Å²) in [5.41, 5.74) is 6.14. The minimum atomic E-state index is -0.849. The molecule has 3 rings (SSSR count). The number of ether oxygens (including phenoxy) is 3. The van der Waals surface area contributed by atoms with Crippen molar-refractivity contribution < 1.29 is 23.8 Å². The number of nitrogens with one attached hydrogen (secondary N) is 1. The van der Waals surface area contributed by atoms with Crippen LogP contribution in [-0.4, -0.2) is 48.1 Å². The first-order valence-corrected chi connectivity index (χ1v) is 12.2. The van der Waals surface area contributed by atoms with Crippen molar-refractivity contribution in [1.29, 1.82) is 0 Å². The van der Waals surface area contributed by atoms with Gasteiger partial charge in [0.15, 0.2) is 0 Å². The average molecular weight is 461 g/mol. The average Bonchev–Trinajstić information content (AvgIpc) is 3.46. The molecule has 3 aliphatic rings. The molecule has 0 aromatic rings. The summed E-state index contributed by atoms with van der Waals surface area (Å²) in [5, 5.41) is 3.04. The third-order valence-electron chi connectivity index (χ3n) is 6.70. The number of amides is 2. The van der Waals surface area contributed by atoms with E-state index < -0.39 is 12.2 Å². The molecule has 2 heterocycles. The van der Waals surface area contributed by atoms with Crippen molar-refractivity contribution in [2.24, 2.45) is 11.7 Å². The Bertz CT molecular complexity index is 783. The van der Waals surface area contributed by atoms with Crippen LogP contribution >= 0.6 is 0 Å². The molecule has 1 spiro atoms. The number of hydrogen-bond acceptors (Lipinski definition) is 5. The Morgan fingerprint density at radius 2 is 1.91 bits per heavy atom. The summed E-state index contributed by atoms with van der Waals surface area (Å²) in [7, 11) is 0. The molecule has 0 unspecified atom stereocenters. The van der Waals surface area contributed by atoms with Gasteiger partial charge in [-0.2, -0.15) is 0 Å². The highest BCUT2D eigenvalue weighted by atomic mass is 16.6. The van der Waals surface area contributed by atoms with Gasteiger partial charge in [-0.05, 0) is 71.8 Å². The van der Waals surface area contributed by atoms with Gasteiger partial charge in [-0.15, -0.1) is 0 Å². The van der Waals surface area contributed by atoms with Gasteiger partial charge in [-0.25, -0.2) is 4.79 Å². The molecular formula is C26H40N2O5. The normalized spacial score (nSPS) is 32.7. The Morgan fingerprint density at radius 3 is 2.55 bits per heavy atom. The topological polar surface area (TPSA) is 103 Å². The van der Waals surface area contributed by atoms with E-state index in [1.165, 1.54) is 17.7 Å². The molecular weight excluding hydrogens is 420 g/mol. The Hall–Kier alpha value is -2.12. The Balaban J connectivity index is 1.36. The minimum Gasteiger partial charge on any atom is -0.442 e. The first-order chi connectivity index (χ1) is 15.5. The summed E-state index contributed by atoms with van der Waals surface area (Å²) in [6.07, 6.45) is 15.5. The van der Waals surface area contributed by atoms with Crippen LogP contribution in [-0.2, 0) is 19.0 Å².